The van der Waals surface area contributed by atoms with Crippen LogP contribution >= 0.6 is 15.9 Å². The lowest BCUT2D eigenvalue weighted by molar-refractivity contribution is 0.0690. The molecule has 2 aromatic carbocycles. The van der Waals surface area contributed by atoms with Gasteiger partial charge in [0.2, 0.25) is 0 Å². The van der Waals surface area contributed by atoms with Crippen LogP contribution in [0.25, 0.3) is 22.4 Å². The summed E-state index contributed by atoms with van der Waals surface area (Å²) >= 11 is 3.55. The Morgan fingerprint density at radius 2 is 1.79 bits per heavy atom. The fourth-order valence-electron chi connectivity index (χ4n) is 2.89. The smallest absolute Gasteiger partial charge is 0.354 e. The molecule has 0 spiro atoms. The minimum absolute atomic E-state index is 0.0231. The predicted molar refractivity (Wildman–Crippen MR) is 115 cm³/mol. The van der Waals surface area contributed by atoms with E-state index in [0.29, 0.717) is 18.2 Å². The number of aromatic nitrogens is 1. The molecule has 5 heteroatoms. The topological polar surface area (TPSA) is 59.4 Å². The van der Waals surface area contributed by atoms with Gasteiger partial charge in [0, 0.05) is 15.6 Å². The van der Waals surface area contributed by atoms with Crippen LogP contribution in [0.4, 0.5) is 0 Å². The molecule has 0 radical (unpaired) electrons. The minimum atomic E-state index is -1.04. The number of aromatic carboxylic acids is 1. The van der Waals surface area contributed by atoms with Gasteiger partial charge >= 0.3 is 5.97 Å². The van der Waals surface area contributed by atoms with E-state index in [1.54, 1.807) is 6.07 Å². The molecule has 0 atom stereocenters. The van der Waals surface area contributed by atoms with Crippen molar-refractivity contribution in [3.8, 4) is 28.1 Å². The number of ether oxygens (including phenoxy) is 1. The van der Waals surface area contributed by atoms with E-state index in [1.165, 1.54) is 6.07 Å². The average molecular weight is 440 g/mol. The molecule has 0 saturated heterocycles. The number of carbonyl (C=O) groups is 1. The molecule has 0 bridgehead atoms. The number of hydrogen-bond acceptors (Lipinski definition) is 3. The van der Waals surface area contributed by atoms with Crippen molar-refractivity contribution in [2.75, 3.05) is 6.61 Å². The molecule has 0 aliphatic carbocycles. The average Bonchev–Trinajstić information content (AvgIpc) is 2.69. The van der Waals surface area contributed by atoms with Gasteiger partial charge in [-0.15, -0.1) is 0 Å². The van der Waals surface area contributed by atoms with Crippen LogP contribution < -0.4 is 4.74 Å². The van der Waals surface area contributed by atoms with E-state index in [-0.39, 0.29) is 5.69 Å². The molecular formula is C23H22BrNO3. The van der Waals surface area contributed by atoms with Crippen LogP contribution in [0, 0.1) is 5.92 Å². The highest BCUT2D eigenvalue weighted by molar-refractivity contribution is 9.10. The molecule has 0 fully saturated rings. The van der Waals surface area contributed by atoms with Gasteiger partial charge < -0.3 is 9.84 Å². The van der Waals surface area contributed by atoms with Gasteiger partial charge in [0.1, 0.15) is 11.4 Å². The Balaban J connectivity index is 2.07. The largest absolute Gasteiger partial charge is 0.493 e. The van der Waals surface area contributed by atoms with Crippen molar-refractivity contribution in [3.63, 3.8) is 0 Å². The number of rotatable bonds is 7. The van der Waals surface area contributed by atoms with Crippen LogP contribution in [0.15, 0.2) is 65.1 Å². The van der Waals surface area contributed by atoms with Gasteiger partial charge in [0.05, 0.1) is 12.3 Å². The number of pyridine rings is 1. The molecule has 1 N–H and O–H groups in total. The Hall–Kier alpha value is -2.66. The lowest BCUT2D eigenvalue weighted by Gasteiger charge is -2.16. The zero-order chi connectivity index (χ0) is 20.1. The second-order valence-corrected chi connectivity index (χ2v) is 7.85. The lowest BCUT2D eigenvalue weighted by atomic mass is 9.96. The Labute approximate surface area is 173 Å². The summed E-state index contributed by atoms with van der Waals surface area (Å²) in [5, 5.41) is 9.28. The van der Waals surface area contributed by atoms with Crippen molar-refractivity contribution >= 4 is 21.9 Å². The maximum atomic E-state index is 11.3. The Bertz CT molecular complexity index is 985. The highest BCUT2D eigenvalue weighted by Gasteiger charge is 2.15. The molecule has 3 aromatic rings. The maximum absolute atomic E-state index is 11.3. The van der Waals surface area contributed by atoms with Crippen LogP contribution in [0.1, 0.15) is 30.8 Å². The van der Waals surface area contributed by atoms with E-state index < -0.39 is 5.97 Å². The highest BCUT2D eigenvalue weighted by Crippen LogP contribution is 2.38. The number of benzene rings is 2. The van der Waals surface area contributed by atoms with Crippen LogP contribution in [0.5, 0.6) is 5.75 Å². The summed E-state index contributed by atoms with van der Waals surface area (Å²) in [5.41, 5.74) is 3.38. The summed E-state index contributed by atoms with van der Waals surface area (Å²) in [6.07, 6.45) is 0.972. The van der Waals surface area contributed by atoms with E-state index >= 15 is 0 Å². The summed E-state index contributed by atoms with van der Waals surface area (Å²) in [4.78, 5) is 15.6. The normalized spacial score (nSPS) is 10.9. The van der Waals surface area contributed by atoms with E-state index in [1.807, 2.05) is 48.5 Å². The van der Waals surface area contributed by atoms with E-state index in [0.717, 1.165) is 33.3 Å². The Kier molecular flexibility index (Phi) is 6.47. The van der Waals surface area contributed by atoms with Crippen molar-refractivity contribution < 1.29 is 14.6 Å². The first-order chi connectivity index (χ1) is 13.5. The molecule has 0 amide bonds. The summed E-state index contributed by atoms with van der Waals surface area (Å²) in [5.74, 6) is 0.319. The standard InChI is InChI=1S/C23H22BrNO3/c1-15(2)12-13-28-22-11-10-16(24)14-19(22)17-6-3-4-7-18(17)20-8-5-9-21(25-20)23(26)27/h3-11,14-15H,12-13H2,1-2H3,(H,26,27). The third-order valence-electron chi connectivity index (χ3n) is 4.36. The van der Waals surface area contributed by atoms with Crippen LogP contribution in [0.3, 0.4) is 0 Å². The number of halogens is 1. The van der Waals surface area contributed by atoms with Crippen molar-refractivity contribution in [1.29, 1.82) is 0 Å². The summed E-state index contributed by atoms with van der Waals surface area (Å²) in [7, 11) is 0. The summed E-state index contributed by atoms with van der Waals surface area (Å²) < 4.78 is 7.02. The van der Waals surface area contributed by atoms with Crippen LogP contribution in [-0.4, -0.2) is 22.7 Å². The second-order valence-electron chi connectivity index (χ2n) is 6.93. The SMILES string of the molecule is CC(C)CCOc1ccc(Br)cc1-c1ccccc1-c1cccc(C(=O)O)n1. The van der Waals surface area contributed by atoms with Crippen LogP contribution in [-0.2, 0) is 0 Å². The van der Waals surface area contributed by atoms with Crippen molar-refractivity contribution in [3.05, 3.63) is 70.8 Å². The first-order valence-corrected chi connectivity index (χ1v) is 9.97. The fraction of sp³-hybridized carbons (Fsp3) is 0.217. The van der Waals surface area contributed by atoms with E-state index in [2.05, 4.69) is 34.8 Å². The highest BCUT2D eigenvalue weighted by atomic mass is 79.9. The molecule has 3 rings (SSSR count). The third-order valence-corrected chi connectivity index (χ3v) is 4.85. The Morgan fingerprint density at radius 1 is 1.04 bits per heavy atom. The molecule has 1 heterocycles. The van der Waals surface area contributed by atoms with Crippen molar-refractivity contribution in [2.24, 2.45) is 5.92 Å². The molecule has 28 heavy (non-hydrogen) atoms. The second kappa shape index (κ2) is 9.02. The van der Waals surface area contributed by atoms with Gasteiger partial charge in [-0.2, -0.15) is 0 Å². The van der Waals surface area contributed by atoms with Gasteiger partial charge in [0.15, 0.2) is 0 Å². The monoisotopic (exact) mass is 439 g/mol. The molecule has 0 aliphatic heterocycles. The molecule has 4 nitrogen and oxygen atoms in total. The van der Waals surface area contributed by atoms with Gasteiger partial charge in [-0.25, -0.2) is 9.78 Å². The maximum Gasteiger partial charge on any atom is 0.354 e. The molecule has 0 unspecified atom stereocenters. The molecular weight excluding hydrogens is 418 g/mol. The number of hydrogen-bond donors (Lipinski definition) is 1. The minimum Gasteiger partial charge on any atom is -0.493 e. The first-order valence-electron chi connectivity index (χ1n) is 9.18. The zero-order valence-electron chi connectivity index (χ0n) is 15.9. The van der Waals surface area contributed by atoms with E-state index in [9.17, 15) is 9.90 Å². The third kappa shape index (κ3) is 4.78. The quantitative estimate of drug-likeness (QED) is 0.468. The van der Waals surface area contributed by atoms with Gasteiger partial charge in [-0.1, -0.05) is 60.1 Å². The number of carboxylic acid groups (broad SMARTS) is 1. The number of carboxylic acids is 1. The lowest BCUT2D eigenvalue weighted by Crippen LogP contribution is -2.03. The van der Waals surface area contributed by atoms with Gasteiger partial charge in [0.25, 0.3) is 0 Å². The summed E-state index contributed by atoms with van der Waals surface area (Å²) in [6.45, 7) is 4.98. The molecule has 0 aliphatic rings. The van der Waals surface area contributed by atoms with Crippen LogP contribution in [0.2, 0.25) is 0 Å². The first kappa shape index (κ1) is 20.1. The van der Waals surface area contributed by atoms with Crippen molar-refractivity contribution in [2.45, 2.75) is 20.3 Å². The van der Waals surface area contributed by atoms with Gasteiger partial charge in [-0.3, -0.25) is 0 Å². The fourth-order valence-corrected chi connectivity index (χ4v) is 3.25. The summed E-state index contributed by atoms with van der Waals surface area (Å²) in [6, 6.07) is 18.8. The molecule has 144 valence electrons. The number of nitrogens with zero attached hydrogens (tertiary/aromatic N) is 1. The van der Waals surface area contributed by atoms with Crippen molar-refractivity contribution in [1.82, 2.24) is 4.98 Å². The van der Waals surface area contributed by atoms with E-state index in [4.69, 9.17) is 4.74 Å². The Morgan fingerprint density at radius 3 is 2.50 bits per heavy atom. The molecule has 0 saturated carbocycles. The zero-order valence-corrected chi connectivity index (χ0v) is 17.4. The molecule has 1 aromatic heterocycles. The predicted octanol–water partition coefficient (Wildman–Crippen LogP) is 6.30. The van der Waals surface area contributed by atoms with Gasteiger partial charge in [-0.05, 0) is 48.2 Å².